The van der Waals surface area contributed by atoms with E-state index < -0.39 is 23.2 Å². The Hall–Kier alpha value is -5.34. The molecule has 1 unspecified atom stereocenters. The molecule has 3 aliphatic heterocycles. The molecule has 4 heterocycles. The minimum atomic E-state index is -0.786. The number of carbonyl (C=O) groups is 4. The number of benzene rings is 3. The number of amides is 3. The van der Waals surface area contributed by atoms with Gasteiger partial charge in [-0.2, -0.15) is 5.26 Å². The van der Waals surface area contributed by atoms with Crippen molar-refractivity contribution in [3.8, 4) is 6.07 Å². The summed E-state index contributed by atoms with van der Waals surface area (Å²) in [6.45, 7) is 9.62. The molecule has 254 valence electrons. The van der Waals surface area contributed by atoms with Crippen LogP contribution in [-0.4, -0.2) is 70.5 Å². The van der Waals surface area contributed by atoms with Gasteiger partial charge in [-0.25, -0.2) is 4.39 Å². The molecule has 2 fully saturated rings. The lowest BCUT2D eigenvalue weighted by molar-refractivity contribution is -0.136. The molecule has 1 aliphatic carbocycles. The first-order chi connectivity index (χ1) is 24.0. The first-order valence-electron chi connectivity index (χ1n) is 17.2. The van der Waals surface area contributed by atoms with E-state index in [0.717, 1.165) is 52.9 Å². The summed E-state index contributed by atoms with van der Waals surface area (Å²) in [6, 6.07) is 14.4. The summed E-state index contributed by atoms with van der Waals surface area (Å²) in [4.78, 5) is 60.6. The van der Waals surface area contributed by atoms with Crippen LogP contribution in [0, 0.1) is 17.1 Å². The molecule has 1 atom stereocenters. The molecule has 50 heavy (non-hydrogen) atoms. The third-order valence-corrected chi connectivity index (χ3v) is 11.1. The number of fused-ring (bicyclic) bond motifs is 5. The normalized spacial score (nSPS) is 20.1. The Kier molecular flexibility index (Phi) is 7.42. The maximum absolute atomic E-state index is 15.9. The molecule has 0 radical (unpaired) electrons. The maximum atomic E-state index is 15.9. The molecule has 3 amide bonds. The Bertz CT molecular complexity index is 2210. The van der Waals surface area contributed by atoms with E-state index in [2.05, 4.69) is 59.1 Å². The lowest BCUT2D eigenvalue weighted by atomic mass is 9.70. The van der Waals surface area contributed by atoms with Crippen LogP contribution in [0.1, 0.15) is 93.4 Å². The monoisotopic (exact) mass is 672 g/mol. The van der Waals surface area contributed by atoms with Gasteiger partial charge in [-0.05, 0) is 54.3 Å². The van der Waals surface area contributed by atoms with Gasteiger partial charge < -0.3 is 14.8 Å². The zero-order chi connectivity index (χ0) is 35.1. The van der Waals surface area contributed by atoms with Crippen molar-refractivity contribution in [3.05, 3.63) is 98.5 Å². The summed E-state index contributed by atoms with van der Waals surface area (Å²) >= 11 is 0. The van der Waals surface area contributed by atoms with Gasteiger partial charge in [0.15, 0.2) is 5.78 Å². The number of hydrogen-bond acceptors (Lipinski definition) is 7. The molecule has 1 aromatic heterocycles. The van der Waals surface area contributed by atoms with Crippen LogP contribution < -0.4 is 10.2 Å². The van der Waals surface area contributed by atoms with Crippen molar-refractivity contribution >= 4 is 40.1 Å². The van der Waals surface area contributed by atoms with E-state index in [1.807, 2.05) is 6.07 Å². The number of piperidine rings is 1. The number of H-pyrrole nitrogens is 1. The number of nitrogens with one attached hydrogen (secondary N) is 2. The number of halogens is 1. The van der Waals surface area contributed by atoms with Crippen molar-refractivity contribution in [2.45, 2.75) is 64.6 Å². The number of aromatic amines is 1. The minimum absolute atomic E-state index is 0.00495. The van der Waals surface area contributed by atoms with Gasteiger partial charge in [0.25, 0.3) is 5.91 Å². The SMILES string of the molecule is CCc1cc2c(cc1N1CCN(Cc3ccc4c(c3F)CN(C3CCC(=O)NC3=O)C4=O)CC1)C(C)(C)c1[nH]c3cc(C#N)ccc3c1C2=O. The second-order valence-electron chi connectivity index (χ2n) is 14.3. The molecule has 0 bridgehead atoms. The van der Waals surface area contributed by atoms with Crippen molar-refractivity contribution in [2.24, 2.45) is 0 Å². The minimum Gasteiger partial charge on any atom is -0.369 e. The molecule has 11 heteroatoms. The number of rotatable bonds is 5. The molecule has 2 saturated heterocycles. The van der Waals surface area contributed by atoms with Gasteiger partial charge in [-0.3, -0.25) is 29.4 Å². The van der Waals surface area contributed by atoms with Gasteiger partial charge in [0.1, 0.15) is 11.9 Å². The molecule has 8 rings (SSSR count). The summed E-state index contributed by atoms with van der Waals surface area (Å²) in [5.41, 5.74) is 7.36. The number of hydrogen-bond donors (Lipinski definition) is 2. The van der Waals surface area contributed by atoms with Gasteiger partial charge in [0.05, 0.1) is 23.7 Å². The number of aromatic nitrogens is 1. The van der Waals surface area contributed by atoms with E-state index in [9.17, 15) is 24.4 Å². The number of imide groups is 1. The number of aryl methyl sites for hydroxylation is 1. The summed E-state index contributed by atoms with van der Waals surface area (Å²) in [5, 5.41) is 12.6. The van der Waals surface area contributed by atoms with Crippen molar-refractivity contribution in [3.63, 3.8) is 0 Å². The van der Waals surface area contributed by atoms with Gasteiger partial charge in [-0.1, -0.05) is 32.9 Å². The summed E-state index contributed by atoms with van der Waals surface area (Å²) in [6.07, 6.45) is 1.14. The number of nitriles is 1. The lowest BCUT2D eigenvalue weighted by Crippen LogP contribution is -2.52. The van der Waals surface area contributed by atoms with E-state index in [1.165, 1.54) is 4.90 Å². The van der Waals surface area contributed by atoms with Gasteiger partial charge in [-0.15, -0.1) is 0 Å². The molecule has 3 aromatic carbocycles. The number of ketones is 1. The maximum Gasteiger partial charge on any atom is 0.255 e. The third-order valence-electron chi connectivity index (χ3n) is 11.1. The number of carbonyl (C=O) groups excluding carboxylic acids is 4. The summed E-state index contributed by atoms with van der Waals surface area (Å²) < 4.78 is 15.9. The average molecular weight is 673 g/mol. The van der Waals surface area contributed by atoms with E-state index in [-0.39, 0.29) is 42.5 Å². The molecule has 4 aromatic rings. The van der Waals surface area contributed by atoms with Crippen molar-refractivity contribution < 1.29 is 23.6 Å². The Morgan fingerprint density at radius 2 is 1.76 bits per heavy atom. The zero-order valence-corrected chi connectivity index (χ0v) is 28.3. The average Bonchev–Trinajstić information content (AvgIpc) is 3.67. The van der Waals surface area contributed by atoms with Crippen LogP contribution in [0.3, 0.4) is 0 Å². The lowest BCUT2D eigenvalue weighted by Gasteiger charge is -2.39. The molecular formula is C39H37FN6O4. The third kappa shape index (κ3) is 4.84. The fourth-order valence-electron chi connectivity index (χ4n) is 8.32. The Balaban J connectivity index is 1.00. The van der Waals surface area contributed by atoms with E-state index in [1.54, 1.807) is 24.3 Å². The molecule has 0 spiro atoms. The van der Waals surface area contributed by atoms with Crippen LogP contribution in [-0.2, 0) is 34.5 Å². The largest absolute Gasteiger partial charge is 0.369 e. The van der Waals surface area contributed by atoms with Crippen LogP contribution in [0.15, 0.2) is 42.5 Å². The quantitative estimate of drug-likeness (QED) is 0.294. The van der Waals surface area contributed by atoms with Crippen molar-refractivity contribution in [1.29, 1.82) is 5.26 Å². The molecule has 0 saturated carbocycles. The number of piperazine rings is 1. The number of anilines is 1. The Morgan fingerprint density at radius 3 is 2.48 bits per heavy atom. The highest BCUT2D eigenvalue weighted by Crippen LogP contribution is 2.46. The van der Waals surface area contributed by atoms with Gasteiger partial charge >= 0.3 is 0 Å². The van der Waals surface area contributed by atoms with Gasteiger partial charge in [0, 0.05) is 89.1 Å². The van der Waals surface area contributed by atoms with Crippen LogP contribution in [0.2, 0.25) is 0 Å². The fraction of sp³-hybridized carbons (Fsp3) is 0.359. The zero-order valence-electron chi connectivity index (χ0n) is 28.3. The van der Waals surface area contributed by atoms with Crippen LogP contribution in [0.25, 0.3) is 10.9 Å². The topological polar surface area (TPSA) is 130 Å². The first kappa shape index (κ1) is 31.9. The van der Waals surface area contributed by atoms with E-state index >= 15 is 4.39 Å². The summed E-state index contributed by atoms with van der Waals surface area (Å²) in [7, 11) is 0. The first-order valence-corrected chi connectivity index (χ1v) is 17.2. The van der Waals surface area contributed by atoms with Crippen LogP contribution >= 0.6 is 0 Å². The Morgan fingerprint density at radius 1 is 0.980 bits per heavy atom. The Labute approximate surface area is 288 Å². The van der Waals surface area contributed by atoms with Crippen LogP contribution in [0.5, 0.6) is 0 Å². The molecule has 2 N–H and O–H groups in total. The van der Waals surface area contributed by atoms with E-state index in [0.29, 0.717) is 47.5 Å². The molecule has 10 nitrogen and oxygen atoms in total. The summed E-state index contributed by atoms with van der Waals surface area (Å²) in [5.74, 6) is -1.68. The van der Waals surface area contributed by atoms with E-state index in [4.69, 9.17) is 0 Å². The second kappa shape index (κ2) is 11.6. The fourth-order valence-corrected chi connectivity index (χ4v) is 8.32. The highest BCUT2D eigenvalue weighted by molar-refractivity contribution is 6.20. The predicted octanol–water partition coefficient (Wildman–Crippen LogP) is 4.69. The van der Waals surface area contributed by atoms with Crippen molar-refractivity contribution in [2.75, 3.05) is 31.1 Å². The van der Waals surface area contributed by atoms with Crippen LogP contribution in [0.4, 0.5) is 10.1 Å². The second-order valence-corrected chi connectivity index (χ2v) is 14.3. The smallest absolute Gasteiger partial charge is 0.255 e. The highest BCUT2D eigenvalue weighted by atomic mass is 19.1. The number of nitrogens with zero attached hydrogens (tertiary/aromatic N) is 4. The highest BCUT2D eigenvalue weighted by Gasteiger charge is 2.42. The van der Waals surface area contributed by atoms with Gasteiger partial charge in [0.2, 0.25) is 11.8 Å². The predicted molar refractivity (Wildman–Crippen MR) is 184 cm³/mol. The molecular weight excluding hydrogens is 635 g/mol. The standard InChI is InChI=1S/C39H37FN6O4/c1-4-22-16-26-28(39(2,3)36-33(35(26)48)25-7-5-21(18-41)15-29(25)42-36)17-31(22)45-13-11-44(12-14-45)19-23-6-8-24-27(34(23)40)20-46(38(24)50)30-9-10-32(47)43-37(30)49/h5-8,15-17,30,42H,4,9-14,19-20H2,1-3H3,(H,43,47,49). The van der Waals surface area contributed by atoms with Crippen molar-refractivity contribution in [1.82, 2.24) is 20.1 Å². The molecule has 4 aliphatic rings.